The highest BCUT2D eigenvalue weighted by Gasteiger charge is 2.09. The maximum Gasteiger partial charge on any atom is 0.128 e. The van der Waals surface area contributed by atoms with E-state index in [0.29, 0.717) is 12.5 Å². The van der Waals surface area contributed by atoms with Crippen molar-refractivity contribution >= 4 is 5.82 Å². The van der Waals surface area contributed by atoms with E-state index in [4.69, 9.17) is 5.26 Å². The summed E-state index contributed by atoms with van der Waals surface area (Å²) in [6.45, 7) is 8.88. The lowest BCUT2D eigenvalue weighted by atomic mass is 10.1. The lowest BCUT2D eigenvalue weighted by molar-refractivity contribution is 0.597. The Labute approximate surface area is 110 Å². The Morgan fingerprint density at radius 2 is 2.28 bits per heavy atom. The number of pyridine rings is 1. The normalized spacial score (nSPS) is 11.9. The topological polar surface area (TPSA) is 52.0 Å². The van der Waals surface area contributed by atoms with E-state index in [1.54, 1.807) is 0 Å². The molecule has 18 heavy (non-hydrogen) atoms. The molecule has 0 amide bonds. The maximum atomic E-state index is 8.66. The molecular weight excluding hydrogens is 224 g/mol. The van der Waals surface area contributed by atoms with Crippen LogP contribution in [-0.2, 0) is 0 Å². The summed E-state index contributed by atoms with van der Waals surface area (Å²) in [5.41, 5.74) is 1.23. The van der Waals surface area contributed by atoms with E-state index in [2.05, 4.69) is 48.1 Å². The fraction of sp³-hybridized carbons (Fsp3) is 0.571. The molecule has 98 valence electrons. The Bertz CT molecular complexity index is 397. The van der Waals surface area contributed by atoms with Gasteiger partial charge in [0.25, 0.3) is 0 Å². The summed E-state index contributed by atoms with van der Waals surface area (Å²) < 4.78 is 0. The minimum absolute atomic E-state index is 0.325. The number of hydrogen-bond donors (Lipinski definition) is 1. The van der Waals surface area contributed by atoms with Crippen LogP contribution in [0.5, 0.6) is 0 Å². The molecule has 0 radical (unpaired) electrons. The number of nitrogens with zero attached hydrogens (tertiary/aromatic N) is 3. The van der Waals surface area contributed by atoms with Crippen LogP contribution in [0.15, 0.2) is 18.3 Å². The van der Waals surface area contributed by atoms with E-state index >= 15 is 0 Å². The van der Waals surface area contributed by atoms with Crippen LogP contribution in [0.3, 0.4) is 0 Å². The van der Waals surface area contributed by atoms with Crippen molar-refractivity contribution in [2.75, 3.05) is 24.5 Å². The summed E-state index contributed by atoms with van der Waals surface area (Å²) in [5.74, 6) is 0.954. The molecule has 1 heterocycles. The number of anilines is 1. The van der Waals surface area contributed by atoms with Crippen molar-refractivity contribution in [3.63, 3.8) is 0 Å². The molecular formula is C14H22N4. The number of aromatic nitrogens is 1. The van der Waals surface area contributed by atoms with Crippen molar-refractivity contribution in [1.82, 2.24) is 10.3 Å². The second-order valence-corrected chi connectivity index (χ2v) is 4.21. The first-order chi connectivity index (χ1) is 8.72. The number of rotatable bonds is 7. The highest BCUT2D eigenvalue weighted by Crippen LogP contribution is 2.18. The van der Waals surface area contributed by atoms with Crippen LogP contribution >= 0.6 is 0 Å². The van der Waals surface area contributed by atoms with Crippen LogP contribution in [0.4, 0.5) is 5.82 Å². The van der Waals surface area contributed by atoms with E-state index in [0.717, 1.165) is 25.5 Å². The zero-order valence-electron chi connectivity index (χ0n) is 11.5. The Hall–Kier alpha value is -1.60. The van der Waals surface area contributed by atoms with Gasteiger partial charge in [-0.1, -0.05) is 6.92 Å². The summed E-state index contributed by atoms with van der Waals surface area (Å²) in [5, 5.41) is 12.1. The van der Waals surface area contributed by atoms with Gasteiger partial charge in [0.05, 0.1) is 12.5 Å². The van der Waals surface area contributed by atoms with Gasteiger partial charge >= 0.3 is 0 Å². The van der Waals surface area contributed by atoms with Gasteiger partial charge in [0.2, 0.25) is 0 Å². The summed E-state index contributed by atoms with van der Waals surface area (Å²) >= 11 is 0. The third kappa shape index (κ3) is 4.01. The number of hydrogen-bond acceptors (Lipinski definition) is 4. The molecule has 1 N–H and O–H groups in total. The highest BCUT2D eigenvalue weighted by molar-refractivity contribution is 5.41. The first-order valence-corrected chi connectivity index (χ1v) is 6.54. The average molecular weight is 246 g/mol. The fourth-order valence-electron chi connectivity index (χ4n) is 1.92. The van der Waals surface area contributed by atoms with E-state index in [1.165, 1.54) is 5.56 Å². The molecule has 0 fully saturated rings. The standard InChI is InChI=1S/C14H22N4/c1-4-16-12(3)13-7-9-17-14(11-13)18(5-2)10-6-8-15/h7,9,11-12,16H,4-6,10H2,1-3H3. The van der Waals surface area contributed by atoms with Gasteiger partial charge in [-0.3, -0.25) is 0 Å². The van der Waals surface area contributed by atoms with E-state index in [1.807, 2.05) is 12.3 Å². The molecule has 4 nitrogen and oxygen atoms in total. The molecule has 0 aliphatic carbocycles. The van der Waals surface area contributed by atoms with Crippen LogP contribution in [0.25, 0.3) is 0 Å². The molecule has 4 heteroatoms. The molecule has 0 bridgehead atoms. The zero-order valence-corrected chi connectivity index (χ0v) is 11.5. The van der Waals surface area contributed by atoms with Gasteiger partial charge in [-0.2, -0.15) is 5.26 Å². The summed E-state index contributed by atoms with van der Waals surface area (Å²) in [6.07, 6.45) is 2.37. The summed E-state index contributed by atoms with van der Waals surface area (Å²) in [7, 11) is 0. The average Bonchev–Trinajstić information content (AvgIpc) is 2.40. The molecule has 1 rings (SSSR count). The lowest BCUT2D eigenvalue weighted by Crippen LogP contribution is -2.25. The van der Waals surface area contributed by atoms with E-state index in [-0.39, 0.29) is 0 Å². The summed E-state index contributed by atoms with van der Waals surface area (Å²) in [6, 6.07) is 6.65. The van der Waals surface area contributed by atoms with Gasteiger partial charge in [0.15, 0.2) is 0 Å². The van der Waals surface area contributed by atoms with Gasteiger partial charge in [-0.15, -0.1) is 0 Å². The Kier molecular flexibility index (Phi) is 6.16. The van der Waals surface area contributed by atoms with Crippen LogP contribution in [0.2, 0.25) is 0 Å². The van der Waals surface area contributed by atoms with Gasteiger partial charge in [-0.25, -0.2) is 4.98 Å². The highest BCUT2D eigenvalue weighted by atomic mass is 15.2. The Balaban J connectivity index is 2.82. The van der Waals surface area contributed by atoms with Crippen molar-refractivity contribution in [3.05, 3.63) is 23.9 Å². The van der Waals surface area contributed by atoms with Crippen molar-refractivity contribution in [2.24, 2.45) is 0 Å². The predicted molar refractivity (Wildman–Crippen MR) is 74.4 cm³/mol. The molecule has 1 unspecified atom stereocenters. The van der Waals surface area contributed by atoms with E-state index < -0.39 is 0 Å². The second kappa shape index (κ2) is 7.67. The van der Waals surface area contributed by atoms with Crippen molar-refractivity contribution in [1.29, 1.82) is 5.26 Å². The fourth-order valence-corrected chi connectivity index (χ4v) is 1.92. The van der Waals surface area contributed by atoms with Crippen LogP contribution in [0, 0.1) is 11.3 Å². The van der Waals surface area contributed by atoms with Gasteiger partial charge in [0, 0.05) is 25.3 Å². The lowest BCUT2D eigenvalue weighted by Gasteiger charge is -2.22. The molecule has 0 spiro atoms. The summed E-state index contributed by atoms with van der Waals surface area (Å²) in [4.78, 5) is 6.53. The number of nitriles is 1. The predicted octanol–water partition coefficient (Wildman–Crippen LogP) is 2.49. The maximum absolute atomic E-state index is 8.66. The third-order valence-electron chi connectivity index (χ3n) is 2.98. The largest absolute Gasteiger partial charge is 0.356 e. The van der Waals surface area contributed by atoms with Crippen LogP contribution < -0.4 is 10.2 Å². The van der Waals surface area contributed by atoms with Crippen LogP contribution in [0.1, 0.15) is 38.8 Å². The van der Waals surface area contributed by atoms with Gasteiger partial charge in [0.1, 0.15) is 5.82 Å². The molecule has 1 atom stereocenters. The molecule has 0 saturated carbocycles. The van der Waals surface area contributed by atoms with Crippen LogP contribution in [-0.4, -0.2) is 24.6 Å². The number of nitrogens with one attached hydrogen (secondary N) is 1. The Morgan fingerprint density at radius 1 is 1.50 bits per heavy atom. The van der Waals surface area contributed by atoms with Gasteiger partial charge in [-0.05, 0) is 38.1 Å². The molecule has 0 aliphatic heterocycles. The Morgan fingerprint density at radius 3 is 2.89 bits per heavy atom. The molecule has 0 aromatic carbocycles. The molecule has 1 aromatic rings. The quantitative estimate of drug-likeness (QED) is 0.803. The smallest absolute Gasteiger partial charge is 0.128 e. The molecule has 0 saturated heterocycles. The minimum Gasteiger partial charge on any atom is -0.356 e. The molecule has 0 aliphatic rings. The monoisotopic (exact) mass is 246 g/mol. The minimum atomic E-state index is 0.325. The van der Waals surface area contributed by atoms with Gasteiger partial charge < -0.3 is 10.2 Å². The third-order valence-corrected chi connectivity index (χ3v) is 2.98. The molecule has 1 aromatic heterocycles. The first kappa shape index (κ1) is 14.5. The van der Waals surface area contributed by atoms with Crippen molar-refractivity contribution in [2.45, 2.75) is 33.2 Å². The van der Waals surface area contributed by atoms with Crippen molar-refractivity contribution in [3.8, 4) is 6.07 Å². The van der Waals surface area contributed by atoms with E-state index in [9.17, 15) is 0 Å². The van der Waals surface area contributed by atoms with Crippen molar-refractivity contribution < 1.29 is 0 Å². The second-order valence-electron chi connectivity index (χ2n) is 4.21. The zero-order chi connectivity index (χ0) is 13.4. The first-order valence-electron chi connectivity index (χ1n) is 6.54. The SMILES string of the molecule is CCNC(C)c1ccnc(N(CC)CCC#N)c1.